The van der Waals surface area contributed by atoms with Gasteiger partial charge in [0, 0.05) is 29.9 Å². The SMILES string of the molecule is CC(N)C/C=C1/N(C)c2ccccc2C1(C)C. The number of rotatable bonds is 2. The number of hydrogen-bond donors (Lipinski definition) is 1. The minimum atomic E-state index is 0.0836. The molecule has 2 N–H and O–H groups in total. The lowest BCUT2D eigenvalue weighted by Crippen LogP contribution is -2.24. The number of nitrogens with zero attached hydrogens (tertiary/aromatic N) is 1. The fourth-order valence-corrected chi connectivity index (χ4v) is 2.67. The molecule has 2 nitrogen and oxygen atoms in total. The molecule has 0 aromatic heterocycles. The van der Waals surface area contributed by atoms with Crippen molar-refractivity contribution in [1.29, 1.82) is 0 Å². The first kappa shape index (κ1) is 12.2. The van der Waals surface area contributed by atoms with Crippen molar-refractivity contribution in [2.45, 2.75) is 38.6 Å². The van der Waals surface area contributed by atoms with E-state index in [1.807, 2.05) is 6.92 Å². The molecule has 1 heterocycles. The summed E-state index contributed by atoms with van der Waals surface area (Å²) in [5.74, 6) is 0. The number of nitrogens with two attached hydrogens (primary N) is 1. The molecule has 2 heteroatoms. The minimum Gasteiger partial charge on any atom is -0.347 e. The van der Waals surface area contributed by atoms with Crippen LogP contribution in [0.25, 0.3) is 0 Å². The first-order valence-corrected chi connectivity index (χ1v) is 6.24. The second kappa shape index (κ2) is 4.19. The average molecular weight is 230 g/mol. The maximum absolute atomic E-state index is 5.85. The maximum Gasteiger partial charge on any atom is 0.0447 e. The molecule has 0 saturated heterocycles. The molecule has 1 aliphatic rings. The van der Waals surface area contributed by atoms with E-state index in [0.29, 0.717) is 0 Å². The standard InChI is InChI=1S/C15H22N2/c1-11(16)9-10-14-15(2,3)12-7-5-6-8-13(12)17(14)4/h5-8,10-11H,9,16H2,1-4H3/b14-10+. The van der Waals surface area contributed by atoms with E-state index in [-0.39, 0.29) is 11.5 Å². The summed E-state index contributed by atoms with van der Waals surface area (Å²) in [4.78, 5) is 2.29. The van der Waals surface area contributed by atoms with Gasteiger partial charge in [0.05, 0.1) is 0 Å². The summed E-state index contributed by atoms with van der Waals surface area (Å²) >= 11 is 0. The third-order valence-electron chi connectivity index (χ3n) is 3.62. The Morgan fingerprint density at radius 3 is 2.59 bits per heavy atom. The first-order chi connectivity index (χ1) is 7.94. The van der Waals surface area contributed by atoms with Crippen LogP contribution in [-0.4, -0.2) is 13.1 Å². The summed E-state index contributed by atoms with van der Waals surface area (Å²) in [6.07, 6.45) is 3.21. The summed E-state index contributed by atoms with van der Waals surface area (Å²) < 4.78 is 0. The smallest absolute Gasteiger partial charge is 0.0447 e. The second-order valence-electron chi connectivity index (χ2n) is 5.50. The van der Waals surface area contributed by atoms with Gasteiger partial charge in [-0.15, -0.1) is 0 Å². The molecule has 0 radical (unpaired) electrons. The lowest BCUT2D eigenvalue weighted by Gasteiger charge is -2.24. The highest BCUT2D eigenvalue weighted by Gasteiger charge is 2.37. The highest BCUT2D eigenvalue weighted by atomic mass is 15.2. The molecule has 0 aliphatic carbocycles. The normalized spacial score (nSPS) is 21.7. The van der Waals surface area contributed by atoms with Gasteiger partial charge in [0.25, 0.3) is 0 Å². The molecule has 2 rings (SSSR count). The Morgan fingerprint density at radius 1 is 1.35 bits per heavy atom. The molecule has 1 unspecified atom stereocenters. The van der Waals surface area contributed by atoms with E-state index in [1.54, 1.807) is 0 Å². The van der Waals surface area contributed by atoms with Crippen molar-refractivity contribution in [2.24, 2.45) is 5.73 Å². The van der Waals surface area contributed by atoms with Gasteiger partial charge in [0.15, 0.2) is 0 Å². The quantitative estimate of drug-likeness (QED) is 0.846. The van der Waals surface area contributed by atoms with Crippen molar-refractivity contribution in [2.75, 3.05) is 11.9 Å². The average Bonchev–Trinajstić information content (AvgIpc) is 2.46. The zero-order valence-electron chi connectivity index (χ0n) is 11.2. The molecule has 0 amide bonds. The molecule has 1 aromatic rings. The zero-order valence-corrected chi connectivity index (χ0v) is 11.2. The Morgan fingerprint density at radius 2 is 2.00 bits per heavy atom. The molecule has 92 valence electrons. The van der Waals surface area contributed by atoms with Crippen molar-refractivity contribution in [3.63, 3.8) is 0 Å². The minimum absolute atomic E-state index is 0.0836. The van der Waals surface area contributed by atoms with Crippen molar-refractivity contribution >= 4 is 5.69 Å². The molecular weight excluding hydrogens is 208 g/mol. The van der Waals surface area contributed by atoms with Gasteiger partial charge in [-0.3, -0.25) is 0 Å². The highest BCUT2D eigenvalue weighted by Crippen LogP contribution is 2.46. The van der Waals surface area contributed by atoms with Crippen LogP contribution in [0.5, 0.6) is 0 Å². The third-order valence-corrected chi connectivity index (χ3v) is 3.62. The van der Waals surface area contributed by atoms with Crippen LogP contribution in [0.3, 0.4) is 0 Å². The van der Waals surface area contributed by atoms with Gasteiger partial charge in [0.2, 0.25) is 0 Å². The van der Waals surface area contributed by atoms with Crippen LogP contribution in [0.1, 0.15) is 32.8 Å². The van der Waals surface area contributed by atoms with E-state index in [4.69, 9.17) is 5.73 Å². The molecule has 17 heavy (non-hydrogen) atoms. The summed E-state index contributed by atoms with van der Waals surface area (Å²) in [5, 5.41) is 0. The van der Waals surface area contributed by atoms with Crippen LogP contribution in [0, 0.1) is 0 Å². The van der Waals surface area contributed by atoms with E-state index in [9.17, 15) is 0 Å². The van der Waals surface area contributed by atoms with E-state index < -0.39 is 0 Å². The molecule has 0 saturated carbocycles. The number of anilines is 1. The summed E-state index contributed by atoms with van der Waals surface area (Å²) in [5.41, 5.74) is 10.0. The molecule has 0 bridgehead atoms. The number of likely N-dealkylation sites (N-methyl/N-ethyl adjacent to an activating group) is 1. The van der Waals surface area contributed by atoms with Gasteiger partial charge in [-0.2, -0.15) is 0 Å². The molecule has 1 aliphatic heterocycles. The summed E-state index contributed by atoms with van der Waals surface area (Å²) in [6, 6.07) is 8.83. The number of para-hydroxylation sites is 1. The van der Waals surface area contributed by atoms with Crippen molar-refractivity contribution in [1.82, 2.24) is 0 Å². The van der Waals surface area contributed by atoms with Gasteiger partial charge in [-0.1, -0.05) is 38.1 Å². The lowest BCUT2D eigenvalue weighted by atomic mass is 9.83. The molecular formula is C15H22N2. The predicted octanol–water partition coefficient (Wildman–Crippen LogP) is 3.04. The van der Waals surface area contributed by atoms with Crippen LogP contribution >= 0.6 is 0 Å². The van der Waals surface area contributed by atoms with Crippen LogP contribution in [0.4, 0.5) is 5.69 Å². The summed E-state index contributed by atoms with van der Waals surface area (Å²) in [6.45, 7) is 6.61. The van der Waals surface area contributed by atoms with Crippen molar-refractivity contribution < 1.29 is 0 Å². The van der Waals surface area contributed by atoms with Crippen LogP contribution < -0.4 is 10.6 Å². The highest BCUT2D eigenvalue weighted by molar-refractivity contribution is 5.69. The van der Waals surface area contributed by atoms with E-state index >= 15 is 0 Å². The van der Waals surface area contributed by atoms with Crippen LogP contribution in [0.2, 0.25) is 0 Å². The fraction of sp³-hybridized carbons (Fsp3) is 0.467. The Balaban J connectivity index is 2.43. The largest absolute Gasteiger partial charge is 0.347 e. The molecule has 0 fully saturated rings. The molecule has 1 atom stereocenters. The van der Waals surface area contributed by atoms with Crippen LogP contribution in [-0.2, 0) is 5.41 Å². The van der Waals surface area contributed by atoms with E-state index in [2.05, 4.69) is 56.1 Å². The van der Waals surface area contributed by atoms with Crippen molar-refractivity contribution in [3.8, 4) is 0 Å². The number of allylic oxidation sites excluding steroid dienone is 1. The topological polar surface area (TPSA) is 29.3 Å². The van der Waals surface area contributed by atoms with Gasteiger partial charge < -0.3 is 10.6 Å². The first-order valence-electron chi connectivity index (χ1n) is 6.24. The fourth-order valence-electron chi connectivity index (χ4n) is 2.67. The summed E-state index contributed by atoms with van der Waals surface area (Å²) in [7, 11) is 2.14. The Labute approximate surface area is 104 Å². The van der Waals surface area contributed by atoms with E-state index in [0.717, 1.165) is 6.42 Å². The Hall–Kier alpha value is -1.28. The Bertz CT molecular complexity index is 444. The third kappa shape index (κ3) is 1.98. The van der Waals surface area contributed by atoms with Gasteiger partial charge >= 0.3 is 0 Å². The molecule has 0 spiro atoms. The molecule has 1 aromatic carbocycles. The lowest BCUT2D eigenvalue weighted by molar-refractivity contribution is 0.629. The zero-order chi connectivity index (χ0) is 12.6. The monoisotopic (exact) mass is 230 g/mol. The predicted molar refractivity (Wildman–Crippen MR) is 74.2 cm³/mol. The Kier molecular flexibility index (Phi) is 3.00. The van der Waals surface area contributed by atoms with Gasteiger partial charge in [0.1, 0.15) is 0 Å². The van der Waals surface area contributed by atoms with Gasteiger partial charge in [-0.25, -0.2) is 0 Å². The van der Waals surface area contributed by atoms with Crippen LogP contribution in [0.15, 0.2) is 36.0 Å². The number of benzene rings is 1. The van der Waals surface area contributed by atoms with Crippen molar-refractivity contribution in [3.05, 3.63) is 41.6 Å². The van der Waals surface area contributed by atoms with Gasteiger partial charge in [-0.05, 0) is 25.0 Å². The number of fused-ring (bicyclic) bond motifs is 1. The second-order valence-corrected chi connectivity index (χ2v) is 5.50. The number of hydrogen-bond acceptors (Lipinski definition) is 2. The van der Waals surface area contributed by atoms with E-state index in [1.165, 1.54) is 16.9 Å². The maximum atomic E-state index is 5.85.